The maximum absolute atomic E-state index is 12.2. The number of amides is 1. The van der Waals surface area contributed by atoms with E-state index in [4.69, 9.17) is 9.68 Å². The highest BCUT2D eigenvalue weighted by Gasteiger charge is 2.14. The van der Waals surface area contributed by atoms with Gasteiger partial charge in [0, 0.05) is 11.3 Å². The maximum Gasteiger partial charge on any atom is 0.230 e. The van der Waals surface area contributed by atoms with Crippen LogP contribution in [0.4, 0.5) is 5.69 Å². The average molecular weight is 317 g/mol. The van der Waals surface area contributed by atoms with Gasteiger partial charge in [0.15, 0.2) is 0 Å². The van der Waals surface area contributed by atoms with E-state index in [9.17, 15) is 4.79 Å². The Morgan fingerprint density at radius 3 is 2.75 bits per heavy atom. The average Bonchev–Trinajstić information content (AvgIpc) is 2.96. The fourth-order valence-corrected chi connectivity index (χ4v) is 2.32. The Bertz CT molecular complexity index is 908. The zero-order valence-electron chi connectivity index (χ0n) is 13.1. The Morgan fingerprint density at radius 1 is 1.21 bits per heavy atom. The summed E-state index contributed by atoms with van der Waals surface area (Å²) in [5, 5.41) is 11.7. The van der Waals surface area contributed by atoms with Gasteiger partial charge >= 0.3 is 0 Å². The molecule has 0 aliphatic rings. The fraction of sp³-hybridized carbons (Fsp3) is 0.105. The minimum absolute atomic E-state index is 0.110. The Kier molecular flexibility index (Phi) is 4.39. The molecule has 0 unspecified atom stereocenters. The molecule has 1 aromatic heterocycles. The first-order chi connectivity index (χ1) is 11.7. The summed E-state index contributed by atoms with van der Waals surface area (Å²) in [5.41, 5.74) is 2.55. The zero-order chi connectivity index (χ0) is 16.9. The molecule has 5 heteroatoms. The summed E-state index contributed by atoms with van der Waals surface area (Å²) in [4.78, 5) is 16.6. The van der Waals surface area contributed by atoms with Crippen LogP contribution in [0.15, 0.2) is 59.0 Å². The third kappa shape index (κ3) is 3.50. The Morgan fingerprint density at radius 2 is 2.00 bits per heavy atom. The van der Waals surface area contributed by atoms with E-state index < -0.39 is 0 Å². The molecule has 0 saturated carbocycles. The molecular formula is C19H15N3O2. The third-order valence-corrected chi connectivity index (χ3v) is 3.52. The molecule has 24 heavy (non-hydrogen) atoms. The van der Waals surface area contributed by atoms with E-state index in [-0.39, 0.29) is 12.3 Å². The SMILES string of the molecule is Cc1oc(-c2ccccc2)nc1CC(=O)Nc1cccc(C#N)c1. The van der Waals surface area contributed by atoms with Gasteiger partial charge in [0.25, 0.3) is 0 Å². The first kappa shape index (κ1) is 15.5. The molecule has 0 spiro atoms. The first-order valence-electron chi connectivity index (χ1n) is 7.47. The molecule has 0 aliphatic heterocycles. The van der Waals surface area contributed by atoms with Crippen molar-refractivity contribution < 1.29 is 9.21 Å². The van der Waals surface area contributed by atoms with Gasteiger partial charge in [-0.05, 0) is 37.3 Å². The van der Waals surface area contributed by atoms with E-state index >= 15 is 0 Å². The highest BCUT2D eigenvalue weighted by Crippen LogP contribution is 2.22. The summed E-state index contributed by atoms with van der Waals surface area (Å²) < 4.78 is 5.65. The van der Waals surface area contributed by atoms with Gasteiger partial charge in [-0.3, -0.25) is 4.79 Å². The molecule has 3 aromatic rings. The highest BCUT2D eigenvalue weighted by molar-refractivity contribution is 5.92. The smallest absolute Gasteiger partial charge is 0.230 e. The second-order valence-electron chi connectivity index (χ2n) is 5.31. The molecule has 0 atom stereocenters. The van der Waals surface area contributed by atoms with Crippen molar-refractivity contribution in [2.45, 2.75) is 13.3 Å². The molecule has 0 radical (unpaired) electrons. The van der Waals surface area contributed by atoms with Crippen LogP contribution in [0.3, 0.4) is 0 Å². The predicted molar refractivity (Wildman–Crippen MR) is 90.2 cm³/mol. The molecular weight excluding hydrogens is 302 g/mol. The van der Waals surface area contributed by atoms with Crippen molar-refractivity contribution in [1.29, 1.82) is 5.26 Å². The first-order valence-corrected chi connectivity index (χ1v) is 7.47. The van der Waals surface area contributed by atoms with Gasteiger partial charge in [0.2, 0.25) is 11.8 Å². The number of carbonyl (C=O) groups excluding carboxylic acids is 1. The number of anilines is 1. The minimum Gasteiger partial charge on any atom is -0.441 e. The lowest BCUT2D eigenvalue weighted by molar-refractivity contribution is -0.115. The molecule has 1 heterocycles. The molecule has 1 amide bonds. The number of nitrogens with one attached hydrogen (secondary N) is 1. The molecule has 0 saturated heterocycles. The van der Waals surface area contributed by atoms with Crippen LogP contribution in [-0.2, 0) is 11.2 Å². The molecule has 2 aromatic carbocycles. The Hall–Kier alpha value is -3.39. The lowest BCUT2D eigenvalue weighted by Gasteiger charge is -2.04. The lowest BCUT2D eigenvalue weighted by atomic mass is 10.2. The van der Waals surface area contributed by atoms with Crippen LogP contribution < -0.4 is 5.32 Å². The van der Waals surface area contributed by atoms with Crippen molar-refractivity contribution in [3.8, 4) is 17.5 Å². The highest BCUT2D eigenvalue weighted by atomic mass is 16.4. The standard InChI is InChI=1S/C19H15N3O2/c1-13-17(22-19(24-13)15-7-3-2-4-8-15)11-18(23)21-16-9-5-6-14(10-16)12-20/h2-10H,11H2,1H3,(H,21,23). The number of hydrogen-bond acceptors (Lipinski definition) is 4. The van der Waals surface area contributed by atoms with Gasteiger partial charge in [-0.15, -0.1) is 0 Å². The monoisotopic (exact) mass is 317 g/mol. The summed E-state index contributed by atoms with van der Waals surface area (Å²) in [5.74, 6) is 0.915. The van der Waals surface area contributed by atoms with E-state index in [2.05, 4.69) is 10.3 Å². The lowest BCUT2D eigenvalue weighted by Crippen LogP contribution is -2.15. The minimum atomic E-state index is -0.207. The summed E-state index contributed by atoms with van der Waals surface area (Å²) >= 11 is 0. The van der Waals surface area contributed by atoms with Crippen LogP contribution in [0.1, 0.15) is 17.0 Å². The second-order valence-corrected chi connectivity index (χ2v) is 5.31. The number of aromatic nitrogens is 1. The molecule has 118 valence electrons. The van der Waals surface area contributed by atoms with Gasteiger partial charge in [-0.1, -0.05) is 24.3 Å². The molecule has 0 bridgehead atoms. The van der Waals surface area contributed by atoms with Crippen molar-refractivity contribution in [3.63, 3.8) is 0 Å². The number of aryl methyl sites for hydroxylation is 1. The Labute approximate surface area is 139 Å². The number of carbonyl (C=O) groups is 1. The van der Waals surface area contributed by atoms with Crippen LogP contribution in [-0.4, -0.2) is 10.9 Å². The van der Waals surface area contributed by atoms with E-state index in [0.29, 0.717) is 28.6 Å². The van der Waals surface area contributed by atoms with Gasteiger partial charge in [0.05, 0.1) is 23.7 Å². The van der Waals surface area contributed by atoms with Crippen LogP contribution in [0, 0.1) is 18.3 Å². The van der Waals surface area contributed by atoms with E-state index in [0.717, 1.165) is 5.56 Å². The van der Waals surface area contributed by atoms with Gasteiger partial charge in [-0.25, -0.2) is 4.98 Å². The van der Waals surface area contributed by atoms with Gasteiger partial charge in [0.1, 0.15) is 5.76 Å². The number of oxazole rings is 1. The number of nitrogens with zero attached hydrogens (tertiary/aromatic N) is 2. The number of nitriles is 1. The molecule has 0 fully saturated rings. The van der Waals surface area contributed by atoms with Crippen molar-refractivity contribution in [3.05, 3.63) is 71.6 Å². The topological polar surface area (TPSA) is 78.9 Å². The molecule has 0 aliphatic carbocycles. The number of rotatable bonds is 4. The molecule has 5 nitrogen and oxygen atoms in total. The van der Waals surface area contributed by atoms with E-state index in [1.807, 2.05) is 36.4 Å². The van der Waals surface area contributed by atoms with Crippen molar-refractivity contribution >= 4 is 11.6 Å². The van der Waals surface area contributed by atoms with E-state index in [1.54, 1.807) is 31.2 Å². The van der Waals surface area contributed by atoms with Crippen molar-refractivity contribution in [1.82, 2.24) is 4.98 Å². The van der Waals surface area contributed by atoms with E-state index in [1.165, 1.54) is 0 Å². The van der Waals surface area contributed by atoms with Crippen LogP contribution >= 0.6 is 0 Å². The maximum atomic E-state index is 12.2. The number of hydrogen-bond donors (Lipinski definition) is 1. The second kappa shape index (κ2) is 6.80. The largest absolute Gasteiger partial charge is 0.441 e. The van der Waals surface area contributed by atoms with Crippen LogP contribution in [0.2, 0.25) is 0 Å². The van der Waals surface area contributed by atoms with Crippen molar-refractivity contribution in [2.75, 3.05) is 5.32 Å². The van der Waals surface area contributed by atoms with Gasteiger partial charge in [-0.2, -0.15) is 5.26 Å². The summed E-state index contributed by atoms with van der Waals surface area (Å²) in [6.07, 6.45) is 0.110. The summed E-state index contributed by atoms with van der Waals surface area (Å²) in [6.45, 7) is 1.79. The number of benzene rings is 2. The van der Waals surface area contributed by atoms with Crippen molar-refractivity contribution in [2.24, 2.45) is 0 Å². The third-order valence-electron chi connectivity index (χ3n) is 3.52. The van der Waals surface area contributed by atoms with Gasteiger partial charge < -0.3 is 9.73 Å². The molecule has 3 rings (SSSR count). The zero-order valence-corrected chi connectivity index (χ0v) is 13.1. The molecule has 1 N–H and O–H groups in total. The predicted octanol–water partition coefficient (Wildman–Crippen LogP) is 3.70. The quantitative estimate of drug-likeness (QED) is 0.795. The summed E-state index contributed by atoms with van der Waals surface area (Å²) in [7, 11) is 0. The summed E-state index contributed by atoms with van der Waals surface area (Å²) in [6, 6.07) is 18.4. The normalized spacial score (nSPS) is 10.2. The van der Waals surface area contributed by atoms with Crippen LogP contribution in [0.5, 0.6) is 0 Å². The van der Waals surface area contributed by atoms with Crippen LogP contribution in [0.25, 0.3) is 11.5 Å². The fourth-order valence-electron chi connectivity index (χ4n) is 2.32. The Balaban J connectivity index is 1.73.